The first-order chi connectivity index (χ1) is 10.8. The zero-order valence-electron chi connectivity index (χ0n) is 11.9. The van der Waals surface area contributed by atoms with E-state index in [2.05, 4.69) is 15.4 Å². The van der Waals surface area contributed by atoms with E-state index in [1.807, 2.05) is 0 Å². The highest BCUT2D eigenvalue weighted by atomic mass is 19.4. The molecule has 3 aromatic rings. The molecule has 2 heterocycles. The lowest BCUT2D eigenvalue weighted by atomic mass is 10.2. The molecular formula is C15H11F3N4O. The molecular weight excluding hydrogens is 309 g/mol. The largest absolute Gasteiger partial charge is 0.416 e. The van der Waals surface area contributed by atoms with Gasteiger partial charge in [0.2, 0.25) is 0 Å². The number of nitrogens with zero attached hydrogens (tertiary/aromatic N) is 3. The van der Waals surface area contributed by atoms with Crippen molar-refractivity contribution in [2.45, 2.75) is 13.1 Å². The summed E-state index contributed by atoms with van der Waals surface area (Å²) < 4.78 is 39.6. The summed E-state index contributed by atoms with van der Waals surface area (Å²) in [7, 11) is 0. The Morgan fingerprint density at radius 3 is 2.74 bits per heavy atom. The van der Waals surface area contributed by atoms with Crippen LogP contribution < -0.4 is 5.32 Å². The molecule has 0 spiro atoms. The van der Waals surface area contributed by atoms with Gasteiger partial charge in [-0.25, -0.2) is 9.50 Å². The molecule has 0 fully saturated rings. The summed E-state index contributed by atoms with van der Waals surface area (Å²) in [5.74, 6) is -0.587. The Labute approximate surface area is 128 Å². The third-order valence-electron chi connectivity index (χ3n) is 3.22. The Balaban J connectivity index is 1.89. The van der Waals surface area contributed by atoms with Crippen LogP contribution >= 0.6 is 0 Å². The fraction of sp³-hybridized carbons (Fsp3) is 0.133. The maximum Gasteiger partial charge on any atom is 0.416 e. The number of carbonyl (C=O) groups excluding carboxylic acids is 1. The van der Waals surface area contributed by atoms with Gasteiger partial charge >= 0.3 is 6.18 Å². The molecule has 3 rings (SSSR count). The second-order valence-corrected chi connectivity index (χ2v) is 4.92. The molecule has 0 unspecified atom stereocenters. The number of hydrogen-bond acceptors (Lipinski definition) is 3. The second kappa shape index (κ2) is 5.38. The van der Waals surface area contributed by atoms with Crippen molar-refractivity contribution in [3.05, 3.63) is 59.5 Å². The van der Waals surface area contributed by atoms with Gasteiger partial charge in [-0.3, -0.25) is 4.79 Å². The molecule has 118 valence electrons. The van der Waals surface area contributed by atoms with Gasteiger partial charge in [0.25, 0.3) is 5.91 Å². The van der Waals surface area contributed by atoms with Gasteiger partial charge in [0, 0.05) is 17.4 Å². The molecule has 2 aromatic heterocycles. The second-order valence-electron chi connectivity index (χ2n) is 4.92. The van der Waals surface area contributed by atoms with Crippen LogP contribution in [0.15, 0.2) is 42.6 Å². The molecule has 0 atom stereocenters. The number of alkyl halides is 3. The highest BCUT2D eigenvalue weighted by Gasteiger charge is 2.30. The van der Waals surface area contributed by atoms with Crippen LogP contribution in [0.25, 0.3) is 5.65 Å². The predicted octanol–water partition coefficient (Wildman–Crippen LogP) is 3.31. The number of halogens is 3. The van der Waals surface area contributed by atoms with Crippen LogP contribution in [-0.2, 0) is 6.18 Å². The summed E-state index contributed by atoms with van der Waals surface area (Å²) in [5, 5.41) is 6.46. The lowest BCUT2D eigenvalue weighted by Crippen LogP contribution is -2.16. The summed E-state index contributed by atoms with van der Waals surface area (Å²) in [6, 6.07) is 7.59. The fourth-order valence-corrected chi connectivity index (χ4v) is 2.15. The Kier molecular flexibility index (Phi) is 3.51. The van der Waals surface area contributed by atoms with E-state index in [1.54, 1.807) is 23.7 Å². The molecule has 8 heteroatoms. The van der Waals surface area contributed by atoms with Crippen LogP contribution in [0.2, 0.25) is 0 Å². The molecule has 0 saturated heterocycles. The van der Waals surface area contributed by atoms with Crippen molar-refractivity contribution in [3.63, 3.8) is 0 Å². The third-order valence-corrected chi connectivity index (χ3v) is 3.22. The summed E-state index contributed by atoms with van der Waals surface area (Å²) in [5.41, 5.74) is 0.504. The lowest BCUT2D eigenvalue weighted by molar-refractivity contribution is -0.137. The Morgan fingerprint density at radius 1 is 1.22 bits per heavy atom. The molecule has 0 aliphatic heterocycles. The van der Waals surface area contributed by atoms with E-state index in [0.29, 0.717) is 11.3 Å². The normalized spacial score (nSPS) is 11.7. The molecule has 1 N–H and O–H groups in total. The van der Waals surface area contributed by atoms with Crippen LogP contribution in [0.5, 0.6) is 0 Å². The number of anilines is 1. The zero-order chi connectivity index (χ0) is 16.6. The maximum absolute atomic E-state index is 12.7. The van der Waals surface area contributed by atoms with Crippen molar-refractivity contribution in [1.29, 1.82) is 0 Å². The number of fused-ring (bicyclic) bond motifs is 1. The number of aromatic nitrogens is 3. The Hall–Kier alpha value is -2.90. The smallest absolute Gasteiger partial charge is 0.321 e. The number of hydrogen-bond donors (Lipinski definition) is 1. The highest BCUT2D eigenvalue weighted by molar-refractivity contribution is 6.03. The predicted molar refractivity (Wildman–Crippen MR) is 77.1 cm³/mol. The van der Waals surface area contributed by atoms with E-state index in [-0.39, 0.29) is 11.4 Å². The van der Waals surface area contributed by atoms with E-state index in [9.17, 15) is 18.0 Å². The van der Waals surface area contributed by atoms with Gasteiger partial charge in [-0.2, -0.15) is 18.3 Å². The highest BCUT2D eigenvalue weighted by Crippen LogP contribution is 2.30. The van der Waals surface area contributed by atoms with E-state index >= 15 is 0 Å². The first-order valence-electron chi connectivity index (χ1n) is 6.64. The molecule has 5 nitrogen and oxygen atoms in total. The standard InChI is InChI=1S/C15H11F3N4O/c1-9-7-12(21-13-5-6-19-22(9)13)14(23)20-11-4-2-3-10(8-11)15(16,17)18/h2-8H,1H3,(H,20,23). The van der Waals surface area contributed by atoms with Crippen LogP contribution in [0, 0.1) is 6.92 Å². The summed E-state index contributed by atoms with van der Waals surface area (Å²) >= 11 is 0. The molecule has 0 aliphatic carbocycles. The number of carbonyl (C=O) groups is 1. The minimum absolute atomic E-state index is 0.0534. The van der Waals surface area contributed by atoms with E-state index in [0.717, 1.165) is 12.1 Å². The zero-order valence-corrected chi connectivity index (χ0v) is 11.9. The van der Waals surface area contributed by atoms with Gasteiger partial charge < -0.3 is 5.32 Å². The molecule has 0 saturated carbocycles. The van der Waals surface area contributed by atoms with Crippen molar-refractivity contribution < 1.29 is 18.0 Å². The number of amides is 1. The van der Waals surface area contributed by atoms with Crippen molar-refractivity contribution in [3.8, 4) is 0 Å². The van der Waals surface area contributed by atoms with Crippen LogP contribution in [0.1, 0.15) is 21.7 Å². The summed E-state index contributed by atoms with van der Waals surface area (Å²) in [4.78, 5) is 16.3. The van der Waals surface area contributed by atoms with Crippen molar-refractivity contribution in [2.24, 2.45) is 0 Å². The van der Waals surface area contributed by atoms with Crippen LogP contribution in [0.3, 0.4) is 0 Å². The monoisotopic (exact) mass is 320 g/mol. The maximum atomic E-state index is 12.7. The van der Waals surface area contributed by atoms with Gasteiger partial charge in [-0.05, 0) is 31.2 Å². The number of benzene rings is 1. The quantitative estimate of drug-likeness (QED) is 0.788. The third kappa shape index (κ3) is 3.01. The SMILES string of the molecule is Cc1cc(C(=O)Nc2cccc(C(F)(F)F)c2)nc2ccnn12. The van der Waals surface area contributed by atoms with Crippen LogP contribution in [-0.4, -0.2) is 20.5 Å². The van der Waals surface area contributed by atoms with Gasteiger partial charge in [-0.15, -0.1) is 0 Å². The molecule has 1 amide bonds. The average Bonchev–Trinajstić information content (AvgIpc) is 2.95. The van der Waals surface area contributed by atoms with E-state index < -0.39 is 17.6 Å². The minimum atomic E-state index is -4.47. The fourth-order valence-electron chi connectivity index (χ4n) is 2.15. The Bertz CT molecular complexity index is 886. The van der Waals surface area contributed by atoms with Gasteiger partial charge in [0.15, 0.2) is 5.65 Å². The minimum Gasteiger partial charge on any atom is -0.321 e. The van der Waals surface area contributed by atoms with Gasteiger partial charge in [-0.1, -0.05) is 6.07 Å². The van der Waals surface area contributed by atoms with Crippen molar-refractivity contribution >= 4 is 17.2 Å². The number of aryl methyl sites for hydroxylation is 1. The summed E-state index contributed by atoms with van der Waals surface area (Å²) in [6.07, 6.45) is -2.92. The summed E-state index contributed by atoms with van der Waals surface area (Å²) in [6.45, 7) is 1.75. The van der Waals surface area contributed by atoms with Gasteiger partial charge in [0.1, 0.15) is 5.69 Å². The topological polar surface area (TPSA) is 59.3 Å². The molecule has 1 aromatic carbocycles. The molecule has 23 heavy (non-hydrogen) atoms. The Morgan fingerprint density at radius 2 is 2.00 bits per heavy atom. The first-order valence-corrected chi connectivity index (χ1v) is 6.64. The van der Waals surface area contributed by atoms with E-state index in [1.165, 1.54) is 18.2 Å². The number of nitrogens with one attached hydrogen (secondary N) is 1. The molecule has 0 radical (unpaired) electrons. The van der Waals surface area contributed by atoms with Crippen LogP contribution in [0.4, 0.5) is 18.9 Å². The molecule has 0 bridgehead atoms. The van der Waals surface area contributed by atoms with E-state index in [4.69, 9.17) is 0 Å². The first kappa shape index (κ1) is 15.0. The van der Waals surface area contributed by atoms with Crippen molar-refractivity contribution in [1.82, 2.24) is 14.6 Å². The van der Waals surface area contributed by atoms with Gasteiger partial charge in [0.05, 0.1) is 11.8 Å². The molecule has 0 aliphatic rings. The average molecular weight is 320 g/mol. The van der Waals surface area contributed by atoms with Crippen molar-refractivity contribution in [2.75, 3.05) is 5.32 Å². The number of rotatable bonds is 2. The lowest BCUT2D eigenvalue weighted by Gasteiger charge is -2.10.